The van der Waals surface area contributed by atoms with Gasteiger partial charge in [0.15, 0.2) is 11.4 Å². The number of ether oxygens (including phenoxy) is 1. The van der Waals surface area contributed by atoms with E-state index in [-0.39, 0.29) is 23.3 Å². The van der Waals surface area contributed by atoms with Gasteiger partial charge in [-0.05, 0) is 37.9 Å². The van der Waals surface area contributed by atoms with Crippen LogP contribution in [0.15, 0.2) is 35.1 Å². The molecule has 216 valence electrons. The highest BCUT2D eigenvalue weighted by molar-refractivity contribution is 7.99. The quantitative estimate of drug-likeness (QED) is 0.172. The molecule has 0 spiro atoms. The number of ketones is 2. The first kappa shape index (κ1) is 29.6. The molecule has 6 unspecified atom stereocenters. The van der Waals surface area contributed by atoms with Gasteiger partial charge >= 0.3 is 5.97 Å². The fourth-order valence-corrected chi connectivity index (χ4v) is 7.39. The Labute approximate surface area is 235 Å². The molecule has 1 fully saturated rings. The van der Waals surface area contributed by atoms with Crippen LogP contribution in [0.5, 0.6) is 5.75 Å². The number of benzene rings is 1. The van der Waals surface area contributed by atoms with Gasteiger partial charge in [0, 0.05) is 29.6 Å². The summed E-state index contributed by atoms with van der Waals surface area (Å²) in [6.45, 7) is 3.55. The van der Waals surface area contributed by atoms with Gasteiger partial charge in [0.2, 0.25) is 5.78 Å². The van der Waals surface area contributed by atoms with Crippen molar-refractivity contribution in [2.24, 2.45) is 17.6 Å². The smallest absolute Gasteiger partial charge is 0.305 e. The Morgan fingerprint density at radius 1 is 1.15 bits per heavy atom. The number of phenols is 1. The molecule has 12 heteroatoms. The lowest BCUT2D eigenvalue weighted by Gasteiger charge is -2.54. The third-order valence-electron chi connectivity index (χ3n) is 7.97. The van der Waals surface area contributed by atoms with Gasteiger partial charge in [-0.2, -0.15) is 11.8 Å². The molecule has 4 rings (SSSR count). The van der Waals surface area contributed by atoms with E-state index in [0.717, 1.165) is 12.2 Å². The summed E-state index contributed by atoms with van der Waals surface area (Å²) in [7, 11) is 2.97. The zero-order valence-corrected chi connectivity index (χ0v) is 23.5. The largest absolute Gasteiger partial charge is 0.508 e. The summed E-state index contributed by atoms with van der Waals surface area (Å²) in [6, 6.07) is 3.23. The molecule has 6 N–H and O–H groups in total. The van der Waals surface area contributed by atoms with Crippen LogP contribution in [-0.4, -0.2) is 92.1 Å². The maximum absolute atomic E-state index is 14.3. The Morgan fingerprint density at radius 3 is 2.40 bits per heavy atom. The van der Waals surface area contributed by atoms with Gasteiger partial charge in [0.05, 0.1) is 17.5 Å². The van der Waals surface area contributed by atoms with Gasteiger partial charge in [-0.25, -0.2) is 0 Å². The number of nitrogens with zero attached hydrogens (tertiary/aromatic N) is 1. The Morgan fingerprint density at radius 2 is 1.82 bits per heavy atom. The second-order valence-electron chi connectivity index (χ2n) is 10.5. The number of thioether (sulfide) groups is 1. The molecule has 1 saturated carbocycles. The fourth-order valence-electron chi connectivity index (χ4n) is 6.30. The van der Waals surface area contributed by atoms with Gasteiger partial charge in [0.25, 0.3) is 5.91 Å². The van der Waals surface area contributed by atoms with Crippen LogP contribution in [0, 0.1) is 11.8 Å². The second-order valence-corrected chi connectivity index (χ2v) is 11.7. The Kier molecular flexibility index (Phi) is 8.08. The molecule has 0 aliphatic heterocycles. The SMILES string of the molecule is CCCSCC1c2cccc(O)c2C(O)=C2C(=O)C3(O)C(O)=C(C(N)=O)C(=O)C(N(C)C)C3C(OC(=O)CC)C21. The number of likely N-dealkylation sites (N-methyl/N-ethyl adjacent to an activating group) is 1. The maximum Gasteiger partial charge on any atom is 0.305 e. The minimum Gasteiger partial charge on any atom is -0.508 e. The van der Waals surface area contributed by atoms with E-state index in [1.54, 1.807) is 30.8 Å². The number of carbonyl (C=O) groups is 4. The van der Waals surface area contributed by atoms with E-state index in [4.69, 9.17) is 10.5 Å². The van der Waals surface area contributed by atoms with E-state index in [9.17, 15) is 39.6 Å². The second kappa shape index (κ2) is 10.9. The Hall–Kier alpha value is -3.35. The van der Waals surface area contributed by atoms with Crippen LogP contribution in [-0.2, 0) is 23.9 Å². The van der Waals surface area contributed by atoms with E-state index in [0.29, 0.717) is 11.3 Å². The van der Waals surface area contributed by atoms with Crippen molar-refractivity contribution < 1.29 is 44.3 Å². The Balaban J connectivity index is 2.10. The van der Waals surface area contributed by atoms with E-state index in [1.807, 2.05) is 6.92 Å². The number of aromatic hydroxyl groups is 1. The van der Waals surface area contributed by atoms with Crippen molar-refractivity contribution in [1.29, 1.82) is 0 Å². The third kappa shape index (κ3) is 4.29. The first-order chi connectivity index (χ1) is 18.8. The predicted octanol–water partition coefficient (Wildman–Crippen LogP) is 1.58. The van der Waals surface area contributed by atoms with Crippen LogP contribution in [0.25, 0.3) is 5.76 Å². The number of rotatable bonds is 8. The van der Waals surface area contributed by atoms with Crippen LogP contribution < -0.4 is 5.73 Å². The Bertz CT molecular complexity index is 1340. The lowest BCUT2D eigenvalue weighted by molar-refractivity contribution is -0.185. The molecule has 40 heavy (non-hydrogen) atoms. The van der Waals surface area contributed by atoms with Crippen molar-refractivity contribution in [2.75, 3.05) is 25.6 Å². The summed E-state index contributed by atoms with van der Waals surface area (Å²) in [5.41, 5.74) is 1.63. The first-order valence-electron chi connectivity index (χ1n) is 13.1. The summed E-state index contributed by atoms with van der Waals surface area (Å²) < 4.78 is 5.90. The van der Waals surface area contributed by atoms with Crippen LogP contribution in [0.3, 0.4) is 0 Å². The number of hydrogen-bond donors (Lipinski definition) is 5. The molecule has 0 bridgehead atoms. The number of nitrogens with two attached hydrogens (primary N) is 1. The molecule has 0 heterocycles. The van der Waals surface area contributed by atoms with E-state index in [1.165, 1.54) is 25.1 Å². The molecule has 0 radical (unpaired) electrons. The average Bonchev–Trinajstić information content (AvgIpc) is 2.89. The average molecular weight is 575 g/mol. The summed E-state index contributed by atoms with van der Waals surface area (Å²) in [5, 5.41) is 45.4. The fraction of sp³-hybridized carbons (Fsp3) is 0.500. The molecule has 1 aromatic carbocycles. The van der Waals surface area contributed by atoms with E-state index < -0.39 is 76.0 Å². The number of fused-ring (bicyclic) bond motifs is 3. The van der Waals surface area contributed by atoms with Gasteiger partial charge in [-0.3, -0.25) is 24.1 Å². The zero-order chi connectivity index (χ0) is 29.7. The van der Waals surface area contributed by atoms with Crippen molar-refractivity contribution in [3.63, 3.8) is 0 Å². The van der Waals surface area contributed by atoms with Crippen molar-refractivity contribution in [2.45, 2.75) is 50.4 Å². The topological polar surface area (TPSA) is 188 Å². The van der Waals surface area contributed by atoms with Gasteiger partial charge < -0.3 is 30.9 Å². The normalized spacial score (nSPS) is 29.7. The number of primary amides is 1. The summed E-state index contributed by atoms with van der Waals surface area (Å²) in [4.78, 5) is 54.3. The predicted molar refractivity (Wildman–Crippen MR) is 146 cm³/mol. The number of esters is 1. The van der Waals surface area contributed by atoms with Crippen LogP contribution in [0.4, 0.5) is 0 Å². The van der Waals surface area contributed by atoms with E-state index in [2.05, 4.69) is 0 Å². The van der Waals surface area contributed by atoms with Crippen molar-refractivity contribution in [3.05, 3.63) is 46.2 Å². The molecular formula is C28H34N2O9S. The minimum absolute atomic E-state index is 0.0125. The standard InChI is InChI=1S/C28H34N2O9S/c1-5-10-40-11-13-12-8-7-9-14(31)16(12)22(33)18-17(13)24(39-15(32)6-2)20-21(30(3)4)23(34)19(27(29)37)26(36)28(20,38)25(18)35/h7-9,13,17,20-21,24,31,33,36,38H,5-6,10-11H2,1-4H3,(H2,29,37). The summed E-state index contributed by atoms with van der Waals surface area (Å²) in [6.07, 6.45) is -0.623. The number of amides is 1. The lowest BCUT2D eigenvalue weighted by Crippen LogP contribution is -2.71. The van der Waals surface area contributed by atoms with Gasteiger partial charge in [-0.15, -0.1) is 0 Å². The van der Waals surface area contributed by atoms with Crippen LogP contribution in [0.1, 0.15) is 43.7 Å². The highest BCUT2D eigenvalue weighted by Gasteiger charge is 2.69. The van der Waals surface area contributed by atoms with Crippen LogP contribution >= 0.6 is 11.8 Å². The molecule has 0 aromatic heterocycles. The molecule has 0 saturated heterocycles. The molecule has 3 aliphatic rings. The minimum atomic E-state index is -2.95. The number of aliphatic hydroxyl groups excluding tert-OH is 2. The van der Waals surface area contributed by atoms with Gasteiger partial charge in [0.1, 0.15) is 28.9 Å². The molecule has 6 atom stereocenters. The van der Waals surface area contributed by atoms with Crippen LogP contribution in [0.2, 0.25) is 0 Å². The zero-order valence-electron chi connectivity index (χ0n) is 22.7. The van der Waals surface area contributed by atoms with Crippen molar-refractivity contribution >= 4 is 41.0 Å². The number of hydrogen-bond acceptors (Lipinski definition) is 11. The highest BCUT2D eigenvalue weighted by atomic mass is 32.2. The number of Topliss-reactive ketones (excluding diaryl/α,β-unsaturated/α-hetero) is 2. The number of aliphatic hydroxyl groups is 3. The van der Waals surface area contributed by atoms with Gasteiger partial charge in [-0.1, -0.05) is 26.0 Å². The molecule has 1 aromatic rings. The number of phenolic OH excluding ortho intramolecular Hbond substituents is 1. The lowest BCUT2D eigenvalue weighted by atomic mass is 9.54. The maximum atomic E-state index is 14.3. The molecule has 11 nitrogen and oxygen atoms in total. The third-order valence-corrected chi connectivity index (χ3v) is 9.26. The molecule has 1 amide bonds. The first-order valence-corrected chi connectivity index (χ1v) is 14.2. The van der Waals surface area contributed by atoms with E-state index >= 15 is 0 Å². The molecular weight excluding hydrogens is 540 g/mol. The monoisotopic (exact) mass is 574 g/mol. The summed E-state index contributed by atoms with van der Waals surface area (Å²) in [5.74, 6) is -8.42. The molecule has 3 aliphatic carbocycles. The summed E-state index contributed by atoms with van der Waals surface area (Å²) >= 11 is 1.56. The highest BCUT2D eigenvalue weighted by Crippen LogP contribution is 2.57. The number of carbonyl (C=O) groups excluding carboxylic acids is 4. The van der Waals surface area contributed by atoms with Crippen molar-refractivity contribution in [3.8, 4) is 5.75 Å². The van der Waals surface area contributed by atoms with Crippen molar-refractivity contribution in [1.82, 2.24) is 4.90 Å².